The molecule has 0 unspecified atom stereocenters. The molecule has 3 rings (SSSR count). The monoisotopic (exact) mass is 273 g/mol. The van der Waals surface area contributed by atoms with Gasteiger partial charge in [-0.15, -0.1) is 0 Å². The van der Waals surface area contributed by atoms with Crippen molar-refractivity contribution < 1.29 is 4.79 Å². The number of fused-ring (bicyclic) bond motifs is 2. The smallest absolute Gasteiger partial charge is 0.211 e. The van der Waals surface area contributed by atoms with Crippen molar-refractivity contribution >= 4 is 17.4 Å². The molecule has 1 heterocycles. The van der Waals surface area contributed by atoms with Gasteiger partial charge in [-0.25, -0.2) is 0 Å². The number of benzene rings is 1. The Labute approximate surface area is 118 Å². The Hall–Kier alpha value is -1.67. The lowest BCUT2D eigenvalue weighted by Gasteiger charge is -2.03. The minimum absolute atomic E-state index is 0.00441. The SMILES string of the molecule is CC.O=C1c2ccccc2CCc2cc(Cl)cnc21. The lowest BCUT2D eigenvalue weighted by Crippen LogP contribution is -2.06. The predicted octanol–water partition coefficient (Wildman–Crippen LogP) is 4.09. The Morgan fingerprint density at radius 2 is 1.79 bits per heavy atom. The van der Waals surface area contributed by atoms with E-state index in [0.717, 1.165) is 29.5 Å². The maximum absolute atomic E-state index is 12.3. The summed E-state index contributed by atoms with van der Waals surface area (Å²) in [7, 11) is 0. The second-order valence-electron chi connectivity index (χ2n) is 4.15. The molecule has 19 heavy (non-hydrogen) atoms. The Morgan fingerprint density at radius 1 is 1.11 bits per heavy atom. The number of hydrogen-bond donors (Lipinski definition) is 0. The van der Waals surface area contributed by atoms with E-state index in [1.807, 2.05) is 44.2 Å². The van der Waals surface area contributed by atoms with Crippen LogP contribution in [0.1, 0.15) is 41.0 Å². The summed E-state index contributed by atoms with van der Waals surface area (Å²) in [6.45, 7) is 4.00. The second-order valence-corrected chi connectivity index (χ2v) is 4.58. The highest BCUT2D eigenvalue weighted by atomic mass is 35.5. The zero-order chi connectivity index (χ0) is 13.8. The van der Waals surface area contributed by atoms with Gasteiger partial charge in [0.15, 0.2) is 0 Å². The first kappa shape index (κ1) is 13.8. The van der Waals surface area contributed by atoms with Gasteiger partial charge >= 0.3 is 0 Å². The van der Waals surface area contributed by atoms with Gasteiger partial charge in [0.1, 0.15) is 5.69 Å². The van der Waals surface area contributed by atoms with Gasteiger partial charge in [-0.05, 0) is 30.0 Å². The van der Waals surface area contributed by atoms with E-state index in [4.69, 9.17) is 11.6 Å². The van der Waals surface area contributed by atoms with Gasteiger partial charge in [0.05, 0.1) is 5.02 Å². The molecule has 0 saturated heterocycles. The van der Waals surface area contributed by atoms with Crippen LogP contribution in [0.25, 0.3) is 0 Å². The minimum atomic E-state index is 0.00441. The lowest BCUT2D eigenvalue weighted by atomic mass is 10.0. The predicted molar refractivity (Wildman–Crippen MR) is 77.9 cm³/mol. The second kappa shape index (κ2) is 5.98. The van der Waals surface area contributed by atoms with Crippen molar-refractivity contribution in [3.63, 3.8) is 0 Å². The summed E-state index contributed by atoms with van der Waals surface area (Å²) >= 11 is 5.92. The molecule has 0 saturated carbocycles. The molecule has 1 aliphatic rings. The Bertz CT molecular complexity index is 607. The molecule has 0 N–H and O–H groups in total. The van der Waals surface area contributed by atoms with Gasteiger partial charge in [-0.3, -0.25) is 9.78 Å². The summed E-state index contributed by atoms with van der Waals surface area (Å²) in [5.41, 5.74) is 3.34. The van der Waals surface area contributed by atoms with Gasteiger partial charge in [0, 0.05) is 11.8 Å². The summed E-state index contributed by atoms with van der Waals surface area (Å²) in [4.78, 5) is 16.5. The number of aromatic nitrogens is 1. The Balaban J connectivity index is 0.000000637. The highest BCUT2D eigenvalue weighted by Gasteiger charge is 2.21. The molecule has 0 fully saturated rings. The number of halogens is 1. The third kappa shape index (κ3) is 2.69. The molecular weight excluding hydrogens is 258 g/mol. The number of pyridine rings is 1. The summed E-state index contributed by atoms with van der Waals surface area (Å²) < 4.78 is 0. The third-order valence-electron chi connectivity index (χ3n) is 3.07. The van der Waals surface area contributed by atoms with Gasteiger partial charge in [0.2, 0.25) is 5.78 Å². The van der Waals surface area contributed by atoms with Crippen LogP contribution in [0.2, 0.25) is 5.02 Å². The van der Waals surface area contributed by atoms with Crippen LogP contribution in [-0.2, 0) is 12.8 Å². The highest BCUT2D eigenvalue weighted by molar-refractivity contribution is 6.30. The van der Waals surface area contributed by atoms with E-state index in [-0.39, 0.29) is 5.78 Å². The van der Waals surface area contributed by atoms with Crippen molar-refractivity contribution in [2.75, 3.05) is 0 Å². The van der Waals surface area contributed by atoms with Crippen molar-refractivity contribution in [1.82, 2.24) is 4.98 Å². The van der Waals surface area contributed by atoms with Crippen molar-refractivity contribution in [3.8, 4) is 0 Å². The molecule has 3 heteroatoms. The Kier molecular flexibility index (Phi) is 4.33. The highest BCUT2D eigenvalue weighted by Crippen LogP contribution is 2.24. The largest absolute Gasteiger partial charge is 0.287 e. The van der Waals surface area contributed by atoms with Crippen LogP contribution in [0.3, 0.4) is 0 Å². The number of hydrogen-bond acceptors (Lipinski definition) is 2. The van der Waals surface area contributed by atoms with Crippen LogP contribution >= 0.6 is 11.6 Å². The van der Waals surface area contributed by atoms with E-state index >= 15 is 0 Å². The molecule has 0 atom stereocenters. The van der Waals surface area contributed by atoms with E-state index in [1.54, 1.807) is 0 Å². The van der Waals surface area contributed by atoms with E-state index in [2.05, 4.69) is 4.98 Å². The van der Waals surface area contributed by atoms with E-state index in [1.165, 1.54) is 6.20 Å². The average Bonchev–Trinajstić information content (AvgIpc) is 2.59. The van der Waals surface area contributed by atoms with Crippen LogP contribution in [0, 0.1) is 0 Å². The molecule has 1 aromatic carbocycles. The topological polar surface area (TPSA) is 30.0 Å². The Morgan fingerprint density at radius 3 is 2.58 bits per heavy atom. The molecule has 1 aliphatic carbocycles. The molecule has 1 aromatic heterocycles. The average molecular weight is 274 g/mol. The summed E-state index contributed by atoms with van der Waals surface area (Å²) in [5, 5.41) is 0.586. The number of carbonyl (C=O) groups excluding carboxylic acids is 1. The van der Waals surface area contributed by atoms with Crippen LogP contribution in [0.4, 0.5) is 0 Å². The number of carbonyl (C=O) groups is 1. The van der Waals surface area contributed by atoms with Crippen molar-refractivity contribution in [1.29, 1.82) is 0 Å². The molecule has 2 nitrogen and oxygen atoms in total. The molecule has 0 amide bonds. The fourth-order valence-electron chi connectivity index (χ4n) is 2.23. The number of nitrogens with zero attached hydrogens (tertiary/aromatic N) is 1. The lowest BCUT2D eigenvalue weighted by molar-refractivity contribution is 0.103. The van der Waals surface area contributed by atoms with Crippen LogP contribution in [-0.4, -0.2) is 10.8 Å². The van der Waals surface area contributed by atoms with Gasteiger partial charge in [-0.2, -0.15) is 0 Å². The maximum atomic E-state index is 12.3. The normalized spacial score (nSPS) is 12.7. The first-order chi connectivity index (χ1) is 9.25. The van der Waals surface area contributed by atoms with E-state index < -0.39 is 0 Å². The van der Waals surface area contributed by atoms with Crippen molar-refractivity contribution in [2.24, 2.45) is 0 Å². The molecule has 0 spiro atoms. The van der Waals surface area contributed by atoms with Crippen LogP contribution in [0.5, 0.6) is 0 Å². The molecule has 0 radical (unpaired) electrons. The molecular formula is C16H16ClNO. The van der Waals surface area contributed by atoms with Gasteiger partial charge in [-0.1, -0.05) is 49.7 Å². The van der Waals surface area contributed by atoms with Crippen molar-refractivity contribution in [2.45, 2.75) is 26.7 Å². The van der Waals surface area contributed by atoms with Gasteiger partial charge < -0.3 is 0 Å². The van der Waals surface area contributed by atoms with Gasteiger partial charge in [0.25, 0.3) is 0 Å². The molecule has 0 aliphatic heterocycles. The standard InChI is InChI=1S/C14H10ClNO.C2H6/c15-11-7-10-6-5-9-3-1-2-4-12(9)14(17)13(10)16-8-11;1-2/h1-4,7-8H,5-6H2;1-2H3. The van der Waals surface area contributed by atoms with Crippen LogP contribution in [0.15, 0.2) is 36.5 Å². The van der Waals surface area contributed by atoms with E-state index in [0.29, 0.717) is 10.7 Å². The third-order valence-corrected chi connectivity index (χ3v) is 3.28. The first-order valence-electron chi connectivity index (χ1n) is 6.53. The summed E-state index contributed by atoms with van der Waals surface area (Å²) in [6, 6.07) is 9.55. The zero-order valence-corrected chi connectivity index (χ0v) is 11.9. The number of aryl methyl sites for hydroxylation is 2. The molecule has 98 valence electrons. The minimum Gasteiger partial charge on any atom is -0.287 e. The first-order valence-corrected chi connectivity index (χ1v) is 6.90. The number of ketones is 1. The number of rotatable bonds is 0. The maximum Gasteiger partial charge on any atom is 0.211 e. The summed E-state index contributed by atoms with van der Waals surface area (Å²) in [5.74, 6) is 0.00441. The molecule has 2 aromatic rings. The quantitative estimate of drug-likeness (QED) is 0.724. The van der Waals surface area contributed by atoms with E-state index in [9.17, 15) is 4.79 Å². The summed E-state index contributed by atoms with van der Waals surface area (Å²) in [6.07, 6.45) is 3.20. The fourth-order valence-corrected chi connectivity index (χ4v) is 2.41. The van der Waals surface area contributed by atoms with Crippen molar-refractivity contribution in [3.05, 3.63) is 63.9 Å². The van der Waals surface area contributed by atoms with Crippen LogP contribution < -0.4 is 0 Å². The molecule has 0 bridgehead atoms. The zero-order valence-electron chi connectivity index (χ0n) is 11.1. The fraction of sp³-hybridized carbons (Fsp3) is 0.250.